The Morgan fingerprint density at radius 3 is 2.68 bits per heavy atom. The molecule has 162 valence electrons. The van der Waals surface area contributed by atoms with Crippen molar-refractivity contribution in [3.8, 4) is 0 Å². The molecule has 0 fully saturated rings. The van der Waals surface area contributed by atoms with Gasteiger partial charge in [-0.1, -0.05) is 42.1 Å². The SMILES string of the molecule is CCOC(=O)c1c(NC(=O)CSc2nccn2Cc2ccccc2)sc(C(N)=O)c1C. The predicted molar refractivity (Wildman–Crippen MR) is 121 cm³/mol. The van der Waals surface area contributed by atoms with Gasteiger partial charge in [0.25, 0.3) is 5.91 Å². The number of hydrogen-bond acceptors (Lipinski definition) is 7. The van der Waals surface area contributed by atoms with E-state index in [1.165, 1.54) is 11.8 Å². The molecule has 0 aliphatic heterocycles. The van der Waals surface area contributed by atoms with Crippen LogP contribution in [0, 0.1) is 6.92 Å². The van der Waals surface area contributed by atoms with E-state index in [-0.39, 0.29) is 33.7 Å². The number of hydrogen-bond donors (Lipinski definition) is 2. The molecule has 0 atom stereocenters. The quantitative estimate of drug-likeness (QED) is 0.375. The van der Waals surface area contributed by atoms with Crippen molar-refractivity contribution in [1.29, 1.82) is 0 Å². The maximum Gasteiger partial charge on any atom is 0.341 e. The van der Waals surface area contributed by atoms with E-state index in [1.54, 1.807) is 20.0 Å². The molecule has 1 aromatic carbocycles. The fourth-order valence-corrected chi connectivity index (χ4v) is 4.74. The lowest BCUT2D eigenvalue weighted by Gasteiger charge is -2.09. The zero-order chi connectivity index (χ0) is 22.4. The summed E-state index contributed by atoms with van der Waals surface area (Å²) in [4.78, 5) is 41.1. The second-order valence-corrected chi connectivity index (χ2v) is 8.47. The Balaban J connectivity index is 1.69. The summed E-state index contributed by atoms with van der Waals surface area (Å²) in [6, 6.07) is 9.94. The predicted octanol–water partition coefficient (Wildman–Crippen LogP) is 3.31. The number of imidazole rings is 1. The van der Waals surface area contributed by atoms with Crippen molar-refractivity contribution in [1.82, 2.24) is 9.55 Å². The molecule has 0 aliphatic rings. The first kappa shape index (κ1) is 22.6. The van der Waals surface area contributed by atoms with Gasteiger partial charge in [0.05, 0.1) is 22.8 Å². The number of rotatable bonds is 9. The Morgan fingerprint density at radius 1 is 1.26 bits per heavy atom. The van der Waals surface area contributed by atoms with Gasteiger partial charge >= 0.3 is 5.97 Å². The smallest absolute Gasteiger partial charge is 0.341 e. The van der Waals surface area contributed by atoms with E-state index < -0.39 is 11.9 Å². The van der Waals surface area contributed by atoms with Gasteiger partial charge in [-0.05, 0) is 25.0 Å². The van der Waals surface area contributed by atoms with Crippen molar-refractivity contribution >= 4 is 45.9 Å². The van der Waals surface area contributed by atoms with E-state index in [9.17, 15) is 14.4 Å². The van der Waals surface area contributed by atoms with Crippen molar-refractivity contribution in [2.75, 3.05) is 17.7 Å². The number of thiophene rings is 1. The molecule has 3 N–H and O–H groups in total. The molecule has 0 unspecified atom stereocenters. The van der Waals surface area contributed by atoms with Gasteiger partial charge < -0.3 is 20.4 Å². The number of primary amides is 1. The second kappa shape index (κ2) is 10.3. The Morgan fingerprint density at radius 2 is 2.00 bits per heavy atom. The molecule has 3 aromatic rings. The summed E-state index contributed by atoms with van der Waals surface area (Å²) in [6.45, 7) is 4.10. The van der Waals surface area contributed by atoms with Crippen LogP contribution in [0.3, 0.4) is 0 Å². The van der Waals surface area contributed by atoms with Crippen LogP contribution in [0.5, 0.6) is 0 Å². The molecule has 0 radical (unpaired) electrons. The van der Waals surface area contributed by atoms with Crippen LogP contribution < -0.4 is 11.1 Å². The van der Waals surface area contributed by atoms with Gasteiger partial charge in [0, 0.05) is 18.9 Å². The summed E-state index contributed by atoms with van der Waals surface area (Å²) in [5, 5.41) is 3.66. The van der Waals surface area contributed by atoms with Crippen LogP contribution >= 0.6 is 23.1 Å². The summed E-state index contributed by atoms with van der Waals surface area (Å²) in [5.41, 5.74) is 7.08. The normalized spacial score (nSPS) is 10.6. The molecule has 3 rings (SSSR count). The maximum atomic E-state index is 12.6. The molecule has 10 heteroatoms. The van der Waals surface area contributed by atoms with E-state index in [4.69, 9.17) is 10.5 Å². The number of ether oxygens (including phenoxy) is 1. The first-order valence-electron chi connectivity index (χ1n) is 9.48. The third kappa shape index (κ3) is 5.53. The molecular weight excluding hydrogens is 436 g/mol. The molecule has 31 heavy (non-hydrogen) atoms. The summed E-state index contributed by atoms with van der Waals surface area (Å²) < 4.78 is 7.02. The van der Waals surface area contributed by atoms with Crippen LogP contribution in [-0.2, 0) is 16.1 Å². The highest BCUT2D eigenvalue weighted by Gasteiger charge is 2.25. The molecule has 0 spiro atoms. The molecule has 0 bridgehead atoms. The Hall–Kier alpha value is -3.11. The van der Waals surface area contributed by atoms with Gasteiger partial charge in [0.2, 0.25) is 5.91 Å². The zero-order valence-corrected chi connectivity index (χ0v) is 18.7. The van der Waals surface area contributed by atoms with Crippen LogP contribution in [-0.4, -0.2) is 39.7 Å². The van der Waals surface area contributed by atoms with Gasteiger partial charge in [0.1, 0.15) is 5.00 Å². The third-order valence-corrected chi connectivity index (χ3v) is 6.53. The lowest BCUT2D eigenvalue weighted by Crippen LogP contribution is -2.17. The lowest BCUT2D eigenvalue weighted by atomic mass is 10.1. The van der Waals surface area contributed by atoms with Crippen molar-refractivity contribution in [2.24, 2.45) is 5.73 Å². The zero-order valence-electron chi connectivity index (χ0n) is 17.1. The standard InChI is InChI=1S/C21H22N4O4S2/c1-3-29-20(28)16-13(2)17(18(22)27)31-19(16)24-15(26)12-30-21-23-9-10-25(21)11-14-7-5-4-6-8-14/h4-10H,3,11-12H2,1-2H3,(H2,22,27)(H,24,26). The van der Waals surface area contributed by atoms with Crippen LogP contribution in [0.15, 0.2) is 47.9 Å². The summed E-state index contributed by atoms with van der Waals surface area (Å²) in [7, 11) is 0. The summed E-state index contributed by atoms with van der Waals surface area (Å²) in [5.74, 6) is -1.52. The van der Waals surface area contributed by atoms with E-state index in [0.717, 1.165) is 16.9 Å². The highest BCUT2D eigenvalue weighted by Crippen LogP contribution is 2.33. The fraction of sp³-hybridized carbons (Fsp3) is 0.238. The van der Waals surface area contributed by atoms with E-state index in [1.807, 2.05) is 41.1 Å². The van der Waals surface area contributed by atoms with E-state index >= 15 is 0 Å². The Bertz CT molecular complexity index is 1090. The van der Waals surface area contributed by atoms with Crippen molar-refractivity contribution in [3.63, 3.8) is 0 Å². The molecule has 0 saturated heterocycles. The van der Waals surface area contributed by atoms with Crippen LogP contribution in [0.4, 0.5) is 5.00 Å². The van der Waals surface area contributed by atoms with Gasteiger partial charge in [-0.2, -0.15) is 0 Å². The molecule has 2 amide bonds. The Kier molecular flexibility index (Phi) is 7.48. The minimum absolute atomic E-state index is 0.0803. The number of carbonyl (C=O) groups is 3. The topological polar surface area (TPSA) is 116 Å². The molecule has 0 saturated carbocycles. The summed E-state index contributed by atoms with van der Waals surface area (Å²) >= 11 is 2.25. The van der Waals surface area contributed by atoms with E-state index in [0.29, 0.717) is 17.3 Å². The number of nitrogens with two attached hydrogens (primary N) is 1. The van der Waals surface area contributed by atoms with E-state index in [2.05, 4.69) is 10.3 Å². The Labute approximate surface area is 187 Å². The third-order valence-electron chi connectivity index (χ3n) is 4.31. The number of esters is 1. The van der Waals surface area contributed by atoms with Crippen LogP contribution in [0.2, 0.25) is 0 Å². The fourth-order valence-electron chi connectivity index (χ4n) is 2.91. The average Bonchev–Trinajstić information content (AvgIpc) is 3.31. The first-order valence-corrected chi connectivity index (χ1v) is 11.3. The monoisotopic (exact) mass is 458 g/mol. The van der Waals surface area contributed by atoms with Gasteiger partial charge in [-0.3, -0.25) is 9.59 Å². The number of anilines is 1. The van der Waals surface area contributed by atoms with Gasteiger partial charge in [-0.15, -0.1) is 11.3 Å². The lowest BCUT2D eigenvalue weighted by molar-refractivity contribution is -0.113. The number of thioether (sulfide) groups is 1. The minimum atomic E-state index is -0.661. The maximum absolute atomic E-state index is 12.6. The van der Waals surface area contributed by atoms with Gasteiger partial charge in [0.15, 0.2) is 5.16 Å². The second-order valence-electron chi connectivity index (χ2n) is 6.51. The molecular formula is C21H22N4O4S2. The largest absolute Gasteiger partial charge is 0.462 e. The number of benzene rings is 1. The van der Waals surface area contributed by atoms with Crippen LogP contribution in [0.1, 0.15) is 38.1 Å². The van der Waals surface area contributed by atoms with Gasteiger partial charge in [-0.25, -0.2) is 9.78 Å². The summed E-state index contributed by atoms with van der Waals surface area (Å²) in [6.07, 6.45) is 3.54. The molecule has 2 aromatic heterocycles. The number of carbonyl (C=O) groups excluding carboxylic acids is 3. The average molecular weight is 459 g/mol. The first-order chi connectivity index (χ1) is 14.9. The van der Waals surface area contributed by atoms with Crippen molar-refractivity contribution in [2.45, 2.75) is 25.5 Å². The van der Waals surface area contributed by atoms with Crippen LogP contribution in [0.25, 0.3) is 0 Å². The number of nitrogens with one attached hydrogen (secondary N) is 1. The van der Waals surface area contributed by atoms with Crippen molar-refractivity contribution < 1.29 is 19.1 Å². The minimum Gasteiger partial charge on any atom is -0.462 e. The highest BCUT2D eigenvalue weighted by molar-refractivity contribution is 7.99. The number of aromatic nitrogens is 2. The number of nitrogens with zero attached hydrogens (tertiary/aromatic N) is 2. The number of amides is 2. The highest BCUT2D eigenvalue weighted by atomic mass is 32.2. The molecule has 2 heterocycles. The van der Waals surface area contributed by atoms with Crippen molar-refractivity contribution in [3.05, 3.63) is 64.3 Å². The molecule has 0 aliphatic carbocycles. The molecule has 8 nitrogen and oxygen atoms in total.